The first-order chi connectivity index (χ1) is 10.9. The molecule has 0 bridgehead atoms. The largest absolute Gasteiger partial charge is 0.455 e. The van der Waals surface area contributed by atoms with Crippen LogP contribution in [-0.2, 0) is 19.1 Å². The summed E-state index contributed by atoms with van der Waals surface area (Å²) in [5.74, 6) is -1.47. The number of hydrogen-bond acceptors (Lipinski definition) is 4. The molecule has 23 heavy (non-hydrogen) atoms. The van der Waals surface area contributed by atoms with E-state index in [9.17, 15) is 14.4 Å². The Morgan fingerprint density at radius 3 is 2.57 bits per heavy atom. The monoisotopic (exact) mass is 382 g/mol. The summed E-state index contributed by atoms with van der Waals surface area (Å²) in [6, 6.07) is 7.12. The second kappa shape index (κ2) is 7.59. The van der Waals surface area contributed by atoms with E-state index in [-0.39, 0.29) is 25.0 Å². The van der Waals surface area contributed by atoms with Crippen LogP contribution in [0.2, 0.25) is 0 Å². The fourth-order valence-corrected chi connectivity index (χ4v) is 2.64. The Labute approximate surface area is 143 Å². The number of nitrogens with one attached hydrogen (secondary N) is 1. The van der Waals surface area contributed by atoms with Crippen LogP contribution in [-0.4, -0.2) is 41.9 Å². The van der Waals surface area contributed by atoms with Gasteiger partial charge in [-0.1, -0.05) is 15.9 Å². The summed E-state index contributed by atoms with van der Waals surface area (Å²) in [6.07, 6.45) is 0.144. The number of hydrogen-bond donors (Lipinski definition) is 1. The highest BCUT2D eigenvalue weighted by molar-refractivity contribution is 9.10. The van der Waals surface area contributed by atoms with Crippen molar-refractivity contribution in [1.82, 2.24) is 4.90 Å². The highest BCUT2D eigenvalue weighted by Crippen LogP contribution is 2.21. The van der Waals surface area contributed by atoms with Gasteiger partial charge in [0, 0.05) is 29.2 Å². The Balaban J connectivity index is 1.79. The fraction of sp³-hybridized carbons (Fsp3) is 0.438. The predicted octanol–water partition coefficient (Wildman–Crippen LogP) is 2.19. The normalized spacial score (nSPS) is 17.5. The van der Waals surface area contributed by atoms with E-state index in [2.05, 4.69) is 21.2 Å². The molecule has 1 aromatic carbocycles. The van der Waals surface area contributed by atoms with Gasteiger partial charge in [0.1, 0.15) is 0 Å². The summed E-state index contributed by atoms with van der Waals surface area (Å²) < 4.78 is 5.93. The number of ether oxygens (including phenoxy) is 1. The summed E-state index contributed by atoms with van der Waals surface area (Å²) in [7, 11) is 0. The average Bonchev–Trinajstić information content (AvgIpc) is 2.89. The number of nitrogens with zero attached hydrogens (tertiary/aromatic N) is 1. The highest BCUT2D eigenvalue weighted by Gasteiger charge is 2.36. The van der Waals surface area contributed by atoms with Crippen molar-refractivity contribution in [3.63, 3.8) is 0 Å². The number of halogens is 1. The molecule has 1 atom stereocenters. The standard InChI is InChI=1S/C16H19BrN2O4/c1-10(2)19-8-11(7-15(19)21)16(22)23-9-14(20)18-13-5-3-12(17)4-6-13/h3-6,10-11H,7-9H2,1-2H3,(H,18,20). The summed E-state index contributed by atoms with van der Waals surface area (Å²) in [5, 5.41) is 2.64. The van der Waals surface area contributed by atoms with E-state index in [0.717, 1.165) is 4.47 Å². The van der Waals surface area contributed by atoms with Crippen LogP contribution in [0, 0.1) is 5.92 Å². The molecule has 1 N–H and O–H groups in total. The molecule has 7 heteroatoms. The first-order valence-corrected chi connectivity index (χ1v) is 8.17. The zero-order chi connectivity index (χ0) is 17.0. The third-order valence-electron chi connectivity index (χ3n) is 3.59. The van der Waals surface area contributed by atoms with Gasteiger partial charge in [-0.3, -0.25) is 14.4 Å². The van der Waals surface area contributed by atoms with Crippen LogP contribution >= 0.6 is 15.9 Å². The van der Waals surface area contributed by atoms with Crippen LogP contribution in [0.15, 0.2) is 28.7 Å². The van der Waals surface area contributed by atoms with Gasteiger partial charge in [0.05, 0.1) is 5.92 Å². The molecule has 1 saturated heterocycles. The SMILES string of the molecule is CC(C)N1CC(C(=O)OCC(=O)Nc2ccc(Br)cc2)CC1=O. The maximum absolute atomic E-state index is 12.0. The number of carbonyl (C=O) groups excluding carboxylic acids is 3. The zero-order valence-electron chi connectivity index (χ0n) is 13.0. The highest BCUT2D eigenvalue weighted by atomic mass is 79.9. The topological polar surface area (TPSA) is 75.7 Å². The Bertz CT molecular complexity index is 601. The predicted molar refractivity (Wildman–Crippen MR) is 88.7 cm³/mol. The van der Waals surface area contributed by atoms with Crippen LogP contribution in [0.25, 0.3) is 0 Å². The lowest BCUT2D eigenvalue weighted by Gasteiger charge is -2.20. The van der Waals surface area contributed by atoms with Crippen LogP contribution in [0.1, 0.15) is 20.3 Å². The number of rotatable bonds is 5. The average molecular weight is 383 g/mol. The van der Waals surface area contributed by atoms with Crippen LogP contribution in [0.4, 0.5) is 5.69 Å². The molecule has 1 aromatic rings. The lowest BCUT2D eigenvalue weighted by atomic mass is 10.1. The van der Waals surface area contributed by atoms with Crippen molar-refractivity contribution in [2.45, 2.75) is 26.3 Å². The lowest BCUT2D eigenvalue weighted by molar-refractivity contribution is -0.151. The van der Waals surface area contributed by atoms with Gasteiger partial charge in [-0.2, -0.15) is 0 Å². The van der Waals surface area contributed by atoms with Crippen molar-refractivity contribution in [2.75, 3.05) is 18.5 Å². The molecule has 2 amide bonds. The molecule has 0 aromatic heterocycles. The van der Waals surface area contributed by atoms with Crippen molar-refractivity contribution < 1.29 is 19.1 Å². The number of likely N-dealkylation sites (tertiary alicyclic amines) is 1. The number of carbonyl (C=O) groups is 3. The minimum absolute atomic E-state index is 0.0544. The zero-order valence-corrected chi connectivity index (χ0v) is 14.6. The van der Waals surface area contributed by atoms with Crippen molar-refractivity contribution in [1.29, 1.82) is 0 Å². The molecule has 124 valence electrons. The number of amides is 2. The van der Waals surface area contributed by atoms with Gasteiger partial charge in [0.2, 0.25) is 5.91 Å². The van der Waals surface area contributed by atoms with E-state index in [1.54, 1.807) is 29.2 Å². The Morgan fingerprint density at radius 1 is 1.35 bits per heavy atom. The van der Waals surface area contributed by atoms with Crippen LogP contribution in [0.5, 0.6) is 0 Å². The minimum atomic E-state index is -0.507. The molecule has 2 rings (SSSR count). The van der Waals surface area contributed by atoms with E-state index in [1.807, 2.05) is 13.8 Å². The molecule has 0 aliphatic carbocycles. The quantitative estimate of drug-likeness (QED) is 0.791. The number of benzene rings is 1. The van der Waals surface area contributed by atoms with E-state index in [0.29, 0.717) is 12.2 Å². The smallest absolute Gasteiger partial charge is 0.311 e. The van der Waals surface area contributed by atoms with Crippen LogP contribution < -0.4 is 5.32 Å². The molecule has 0 radical (unpaired) electrons. The summed E-state index contributed by atoms with van der Waals surface area (Å²) in [5.41, 5.74) is 0.622. The number of esters is 1. The number of anilines is 1. The van der Waals surface area contributed by atoms with Gasteiger partial charge < -0.3 is 15.0 Å². The van der Waals surface area contributed by atoms with E-state index >= 15 is 0 Å². The van der Waals surface area contributed by atoms with Gasteiger partial charge in [0.25, 0.3) is 5.91 Å². The second-order valence-corrected chi connectivity index (χ2v) is 6.62. The summed E-state index contributed by atoms with van der Waals surface area (Å²) in [6.45, 7) is 3.79. The van der Waals surface area contributed by atoms with Gasteiger partial charge in [0.15, 0.2) is 6.61 Å². The summed E-state index contributed by atoms with van der Waals surface area (Å²) in [4.78, 5) is 37.2. The van der Waals surface area contributed by atoms with Crippen molar-refractivity contribution in [2.24, 2.45) is 5.92 Å². The first-order valence-electron chi connectivity index (χ1n) is 7.38. The Morgan fingerprint density at radius 2 is 2.00 bits per heavy atom. The third-order valence-corrected chi connectivity index (χ3v) is 4.12. The van der Waals surface area contributed by atoms with Gasteiger partial charge in [-0.15, -0.1) is 0 Å². The van der Waals surface area contributed by atoms with Crippen molar-refractivity contribution in [3.05, 3.63) is 28.7 Å². The second-order valence-electron chi connectivity index (χ2n) is 5.70. The van der Waals surface area contributed by atoms with Crippen LogP contribution in [0.3, 0.4) is 0 Å². The maximum Gasteiger partial charge on any atom is 0.311 e. The van der Waals surface area contributed by atoms with Crippen molar-refractivity contribution >= 4 is 39.4 Å². The molecule has 1 heterocycles. The van der Waals surface area contributed by atoms with Gasteiger partial charge in [-0.25, -0.2) is 0 Å². The maximum atomic E-state index is 12.0. The molecular formula is C16H19BrN2O4. The molecule has 1 aliphatic rings. The molecule has 0 spiro atoms. The lowest BCUT2D eigenvalue weighted by Crippen LogP contribution is -2.33. The van der Waals surface area contributed by atoms with E-state index < -0.39 is 17.8 Å². The molecule has 1 unspecified atom stereocenters. The Hall–Kier alpha value is -1.89. The fourth-order valence-electron chi connectivity index (χ4n) is 2.37. The van der Waals surface area contributed by atoms with E-state index in [4.69, 9.17) is 4.74 Å². The molecular weight excluding hydrogens is 364 g/mol. The first kappa shape index (κ1) is 17.5. The molecule has 6 nitrogen and oxygen atoms in total. The minimum Gasteiger partial charge on any atom is -0.455 e. The van der Waals surface area contributed by atoms with Gasteiger partial charge in [-0.05, 0) is 38.1 Å². The molecule has 0 saturated carbocycles. The third kappa shape index (κ3) is 4.79. The van der Waals surface area contributed by atoms with E-state index in [1.165, 1.54) is 0 Å². The molecule has 1 fully saturated rings. The van der Waals surface area contributed by atoms with Gasteiger partial charge >= 0.3 is 5.97 Å². The van der Waals surface area contributed by atoms with Crippen molar-refractivity contribution in [3.8, 4) is 0 Å². The Kier molecular flexibility index (Phi) is 5.76. The molecule has 1 aliphatic heterocycles. The summed E-state index contributed by atoms with van der Waals surface area (Å²) >= 11 is 3.31.